The summed E-state index contributed by atoms with van der Waals surface area (Å²) in [7, 11) is 0. The molecular weight excluding hydrogens is 493 g/mol. The van der Waals surface area contributed by atoms with Crippen LogP contribution in [0.3, 0.4) is 0 Å². The van der Waals surface area contributed by atoms with E-state index in [9.17, 15) is 13.2 Å². The molecule has 0 saturated carbocycles. The number of benzene rings is 1. The van der Waals surface area contributed by atoms with E-state index < -0.39 is 12.1 Å². The van der Waals surface area contributed by atoms with Crippen molar-refractivity contribution in [1.29, 1.82) is 0 Å². The zero-order valence-corrected chi connectivity index (χ0v) is 19.5. The van der Waals surface area contributed by atoms with E-state index in [1.54, 1.807) is 19.1 Å². The molecule has 0 aliphatic heterocycles. The first-order chi connectivity index (χ1) is 16.4. The Kier molecular flexibility index (Phi) is 7.48. The highest BCUT2D eigenvalue weighted by Crippen LogP contribution is 2.35. The third-order valence-electron chi connectivity index (χ3n) is 4.50. The van der Waals surface area contributed by atoms with Crippen molar-refractivity contribution in [2.75, 3.05) is 12.3 Å². The number of nitrogens with two attached hydrogens (primary N) is 1. The molecule has 0 saturated heterocycles. The first kappa shape index (κ1) is 25.7. The van der Waals surface area contributed by atoms with Gasteiger partial charge in [-0.1, -0.05) is 18.5 Å². The van der Waals surface area contributed by atoms with Gasteiger partial charge in [-0.2, -0.15) is 23.1 Å². The van der Waals surface area contributed by atoms with Crippen LogP contribution in [0.4, 0.5) is 19.0 Å². The zero-order chi connectivity index (χ0) is 25.9. The minimum atomic E-state index is -5.08. The molecule has 4 aromatic rings. The van der Waals surface area contributed by atoms with E-state index in [0.29, 0.717) is 51.5 Å². The fourth-order valence-corrected chi connectivity index (χ4v) is 3.36. The number of aliphatic carboxylic acids is 1. The highest BCUT2D eigenvalue weighted by Gasteiger charge is 2.38. The van der Waals surface area contributed by atoms with Crippen molar-refractivity contribution in [3.8, 4) is 17.6 Å². The molecule has 3 aromatic heterocycles. The van der Waals surface area contributed by atoms with Gasteiger partial charge < -0.3 is 25.3 Å². The first-order valence-electron chi connectivity index (χ1n) is 10.2. The number of nitrogens with zero attached hydrogens (tertiary/aromatic N) is 4. The number of aryl methyl sites for hydroxylation is 2. The summed E-state index contributed by atoms with van der Waals surface area (Å²) < 4.78 is 43.3. The maximum Gasteiger partial charge on any atom is 0.490 e. The Bertz CT molecular complexity index is 1390. The summed E-state index contributed by atoms with van der Waals surface area (Å²) >= 11 is 6.45. The summed E-state index contributed by atoms with van der Waals surface area (Å²) in [4.78, 5) is 29.5. The summed E-state index contributed by atoms with van der Waals surface area (Å²) in [6, 6.07) is 5.50. The number of hydrogen-bond acceptors (Lipinski definition) is 8. The fraction of sp³-hybridized carbons (Fsp3) is 0.286. The molecule has 0 spiro atoms. The van der Waals surface area contributed by atoms with E-state index in [4.69, 9.17) is 36.7 Å². The van der Waals surface area contributed by atoms with Crippen molar-refractivity contribution in [2.24, 2.45) is 0 Å². The smallest absolute Gasteiger partial charge is 0.477 e. The number of carboxylic acid groups (broad SMARTS) is 1. The number of carboxylic acids is 1. The van der Waals surface area contributed by atoms with Gasteiger partial charge in [0.1, 0.15) is 28.4 Å². The van der Waals surface area contributed by atoms with Crippen molar-refractivity contribution in [2.45, 2.75) is 33.4 Å². The summed E-state index contributed by atoms with van der Waals surface area (Å²) in [6.07, 6.45) is -4.35. The van der Waals surface area contributed by atoms with Gasteiger partial charge in [0, 0.05) is 17.1 Å². The van der Waals surface area contributed by atoms with E-state index >= 15 is 0 Å². The van der Waals surface area contributed by atoms with Crippen LogP contribution in [0.1, 0.15) is 25.4 Å². The van der Waals surface area contributed by atoms with Crippen LogP contribution in [0.5, 0.6) is 17.6 Å². The molecule has 3 heterocycles. The molecule has 4 N–H and O–H groups in total. The highest BCUT2D eigenvalue weighted by atomic mass is 35.5. The van der Waals surface area contributed by atoms with Gasteiger partial charge in [-0.25, -0.2) is 14.8 Å². The molecule has 10 nitrogen and oxygen atoms in total. The molecule has 1 aromatic carbocycles. The maximum atomic E-state index is 10.6. The number of hydrogen-bond donors (Lipinski definition) is 3. The van der Waals surface area contributed by atoms with Crippen molar-refractivity contribution >= 4 is 45.3 Å². The second-order valence-corrected chi connectivity index (χ2v) is 7.36. The number of anilines is 1. The molecule has 4 rings (SSSR count). The topological polar surface area (TPSA) is 149 Å². The van der Waals surface area contributed by atoms with Crippen LogP contribution in [0.15, 0.2) is 18.2 Å². The van der Waals surface area contributed by atoms with Crippen LogP contribution >= 0.6 is 11.6 Å². The van der Waals surface area contributed by atoms with Crippen molar-refractivity contribution < 1.29 is 32.5 Å². The van der Waals surface area contributed by atoms with Crippen molar-refractivity contribution in [1.82, 2.24) is 24.9 Å². The molecule has 0 amide bonds. The molecule has 186 valence electrons. The predicted molar refractivity (Wildman–Crippen MR) is 122 cm³/mol. The van der Waals surface area contributed by atoms with Crippen LogP contribution in [0, 0.1) is 6.92 Å². The number of rotatable bonds is 5. The fourth-order valence-electron chi connectivity index (χ4n) is 3.01. The number of aromatic nitrogens is 5. The Morgan fingerprint density at radius 3 is 2.49 bits per heavy atom. The number of halogens is 4. The Morgan fingerprint density at radius 2 is 1.89 bits per heavy atom. The lowest BCUT2D eigenvalue weighted by molar-refractivity contribution is -0.192. The minimum absolute atomic E-state index is 0.148. The van der Waals surface area contributed by atoms with E-state index in [-0.39, 0.29) is 6.01 Å². The highest BCUT2D eigenvalue weighted by molar-refractivity contribution is 6.36. The van der Waals surface area contributed by atoms with Gasteiger partial charge in [0.25, 0.3) is 0 Å². The zero-order valence-electron chi connectivity index (χ0n) is 18.7. The van der Waals surface area contributed by atoms with Crippen LogP contribution in [-0.2, 0) is 11.2 Å². The van der Waals surface area contributed by atoms with Crippen LogP contribution in [-0.4, -0.2) is 48.8 Å². The van der Waals surface area contributed by atoms with Crippen LogP contribution in [0.25, 0.3) is 21.9 Å². The normalized spacial score (nSPS) is 11.3. The largest absolute Gasteiger partial charge is 0.490 e. The third-order valence-corrected chi connectivity index (χ3v) is 4.92. The van der Waals surface area contributed by atoms with Gasteiger partial charge in [-0.3, -0.25) is 0 Å². The monoisotopic (exact) mass is 512 g/mol. The van der Waals surface area contributed by atoms with E-state index in [0.717, 1.165) is 17.5 Å². The Morgan fingerprint density at radius 1 is 1.20 bits per heavy atom. The van der Waals surface area contributed by atoms with Crippen molar-refractivity contribution in [3.63, 3.8) is 0 Å². The molecule has 14 heteroatoms. The number of nitrogen functional groups attached to an aromatic ring is 1. The Balaban J connectivity index is 0.000000429. The molecule has 0 unspecified atom stereocenters. The van der Waals surface area contributed by atoms with Crippen LogP contribution in [0.2, 0.25) is 5.02 Å². The second-order valence-electron chi connectivity index (χ2n) is 6.98. The van der Waals surface area contributed by atoms with Crippen LogP contribution < -0.4 is 15.2 Å². The quantitative estimate of drug-likeness (QED) is 0.341. The standard InChI is InChI=1S/C19H19ClN6O2.C2HF3O2/c1-4-12-15(20)14-17(24-12)25-19(26-18(14)27-5-2)28-10-6-7-11-13(8-10)22-9(3)23-16(11)21;3-2(4,5)1(6)7/h6-8H,4-5H2,1-3H3,(H2,21,22,23)(H,24,25,26);(H,6,7). The van der Waals surface area contributed by atoms with Gasteiger partial charge in [0.05, 0.1) is 17.1 Å². The lowest BCUT2D eigenvalue weighted by atomic mass is 10.2. The lowest BCUT2D eigenvalue weighted by Crippen LogP contribution is -2.21. The van der Waals surface area contributed by atoms with E-state index in [1.807, 2.05) is 19.9 Å². The minimum Gasteiger partial charge on any atom is -0.477 e. The molecule has 0 atom stereocenters. The molecular formula is C21H20ClF3N6O4. The number of carbonyl (C=O) groups is 1. The molecule has 0 aliphatic rings. The van der Waals surface area contributed by atoms with E-state index in [2.05, 4.69) is 24.9 Å². The molecule has 0 radical (unpaired) electrons. The maximum absolute atomic E-state index is 10.6. The van der Waals surface area contributed by atoms with Crippen molar-refractivity contribution in [3.05, 3.63) is 34.7 Å². The second kappa shape index (κ2) is 10.2. The average Bonchev–Trinajstić information content (AvgIpc) is 3.09. The number of alkyl halides is 3. The molecule has 0 aliphatic carbocycles. The van der Waals surface area contributed by atoms with Gasteiger partial charge in [-0.05, 0) is 32.4 Å². The summed E-state index contributed by atoms with van der Waals surface area (Å²) in [6.45, 7) is 6.12. The van der Waals surface area contributed by atoms with Gasteiger partial charge in [0.2, 0.25) is 5.88 Å². The SMILES string of the molecule is CCOc1nc(Oc2ccc3c(N)nc(C)nc3c2)nc2[nH]c(CC)c(Cl)c12.O=C(O)C(F)(F)F. The first-order valence-corrected chi connectivity index (χ1v) is 10.5. The summed E-state index contributed by atoms with van der Waals surface area (Å²) in [5, 5.41) is 9.11. The Hall–Kier alpha value is -3.87. The number of H-pyrrole nitrogens is 1. The molecule has 0 bridgehead atoms. The molecule has 35 heavy (non-hydrogen) atoms. The average molecular weight is 513 g/mol. The van der Waals surface area contributed by atoms with Gasteiger partial charge >= 0.3 is 18.2 Å². The molecule has 0 fully saturated rings. The Labute approximate surface area is 201 Å². The lowest BCUT2D eigenvalue weighted by Gasteiger charge is -2.09. The van der Waals surface area contributed by atoms with E-state index in [1.165, 1.54) is 0 Å². The number of aromatic amines is 1. The number of ether oxygens (including phenoxy) is 2. The summed E-state index contributed by atoms with van der Waals surface area (Å²) in [5.41, 5.74) is 8.08. The number of nitrogens with one attached hydrogen (secondary N) is 1. The van der Waals surface area contributed by atoms with Gasteiger partial charge in [-0.15, -0.1) is 0 Å². The van der Waals surface area contributed by atoms with Gasteiger partial charge in [0.15, 0.2) is 0 Å². The predicted octanol–water partition coefficient (Wildman–Crippen LogP) is 4.83. The third kappa shape index (κ3) is 5.80. The summed E-state index contributed by atoms with van der Waals surface area (Å²) in [5.74, 6) is -0.829. The number of fused-ring (bicyclic) bond motifs is 2.